The zero-order chi connectivity index (χ0) is 20.3. The fraction of sp³-hybridized carbons (Fsp3) is 0.0526. The van der Waals surface area contributed by atoms with Crippen molar-refractivity contribution in [2.24, 2.45) is 5.73 Å². The predicted octanol–water partition coefficient (Wildman–Crippen LogP) is 2.24. The van der Waals surface area contributed by atoms with Crippen LogP contribution in [0.15, 0.2) is 54.9 Å². The van der Waals surface area contributed by atoms with Gasteiger partial charge in [0.25, 0.3) is 17.7 Å². The van der Waals surface area contributed by atoms with E-state index in [0.29, 0.717) is 22.0 Å². The van der Waals surface area contributed by atoms with Gasteiger partial charge in [-0.3, -0.25) is 19.0 Å². The lowest BCUT2D eigenvalue weighted by Crippen LogP contribution is -2.25. The third-order valence-corrected chi connectivity index (χ3v) is 4.20. The van der Waals surface area contributed by atoms with E-state index in [1.54, 1.807) is 48.5 Å². The molecule has 3 rings (SSSR count). The largest absolute Gasteiger partial charge is 0.364 e. The Morgan fingerprint density at radius 2 is 1.64 bits per heavy atom. The number of amides is 3. The van der Waals surface area contributed by atoms with Crippen LogP contribution in [0.1, 0.15) is 31.3 Å². The highest BCUT2D eigenvalue weighted by Crippen LogP contribution is 2.19. The van der Waals surface area contributed by atoms with Crippen molar-refractivity contribution in [2.45, 2.75) is 0 Å². The number of halogens is 1. The Morgan fingerprint density at radius 3 is 2.21 bits per heavy atom. The van der Waals surface area contributed by atoms with Gasteiger partial charge in [0, 0.05) is 29.0 Å². The highest BCUT2D eigenvalue weighted by Gasteiger charge is 2.22. The van der Waals surface area contributed by atoms with Crippen LogP contribution in [0.25, 0.3) is 5.69 Å². The molecule has 1 aromatic heterocycles. The molecule has 8 nitrogen and oxygen atoms in total. The molecule has 3 amide bonds. The zero-order valence-corrected chi connectivity index (χ0v) is 15.5. The van der Waals surface area contributed by atoms with E-state index in [-0.39, 0.29) is 17.3 Å². The highest BCUT2D eigenvalue weighted by atomic mass is 35.5. The van der Waals surface area contributed by atoms with Gasteiger partial charge in [-0.05, 0) is 48.5 Å². The van der Waals surface area contributed by atoms with Gasteiger partial charge >= 0.3 is 0 Å². The van der Waals surface area contributed by atoms with Gasteiger partial charge in [-0.25, -0.2) is 4.98 Å². The van der Waals surface area contributed by atoms with Crippen LogP contribution in [-0.2, 0) is 0 Å². The van der Waals surface area contributed by atoms with Crippen molar-refractivity contribution in [1.29, 1.82) is 0 Å². The molecule has 0 atom stereocenters. The Morgan fingerprint density at radius 1 is 1.00 bits per heavy atom. The van der Waals surface area contributed by atoms with Crippen LogP contribution in [0.3, 0.4) is 0 Å². The Labute approximate surface area is 165 Å². The van der Waals surface area contributed by atoms with Crippen LogP contribution >= 0.6 is 11.6 Å². The van der Waals surface area contributed by atoms with Crippen LogP contribution < -0.4 is 16.4 Å². The van der Waals surface area contributed by atoms with Gasteiger partial charge in [0.2, 0.25) is 0 Å². The predicted molar refractivity (Wildman–Crippen MR) is 105 cm³/mol. The second-order valence-electron chi connectivity index (χ2n) is 5.76. The molecule has 0 unspecified atom stereocenters. The van der Waals surface area contributed by atoms with Gasteiger partial charge in [-0.15, -0.1) is 0 Å². The molecule has 1 heterocycles. The van der Waals surface area contributed by atoms with Crippen LogP contribution in [0.5, 0.6) is 0 Å². The standard InChI is InChI=1S/C19H16ClN5O3/c1-22-19(28)15-16(17(21)26)25(10-23-15)14-8-6-13(7-9-14)24-18(27)11-2-4-12(20)5-3-11/h2-10H,1H3,(H2,21,26)(H,22,28)(H,24,27). The lowest BCUT2D eigenvalue weighted by atomic mass is 10.2. The number of nitrogens with zero attached hydrogens (tertiary/aromatic N) is 2. The molecule has 0 aliphatic rings. The second-order valence-corrected chi connectivity index (χ2v) is 6.20. The molecule has 2 aromatic carbocycles. The summed E-state index contributed by atoms with van der Waals surface area (Å²) in [5.74, 6) is -1.58. The zero-order valence-electron chi connectivity index (χ0n) is 14.8. The van der Waals surface area contributed by atoms with E-state index in [1.165, 1.54) is 17.9 Å². The summed E-state index contributed by atoms with van der Waals surface area (Å²) in [5, 5.41) is 5.72. The van der Waals surface area contributed by atoms with Gasteiger partial charge in [0.15, 0.2) is 5.69 Å². The Kier molecular flexibility index (Phi) is 5.42. The van der Waals surface area contributed by atoms with E-state index < -0.39 is 11.8 Å². The summed E-state index contributed by atoms with van der Waals surface area (Å²) in [6, 6.07) is 13.2. The Hall–Kier alpha value is -3.65. The Bertz CT molecular complexity index is 1040. The van der Waals surface area contributed by atoms with E-state index in [0.717, 1.165) is 0 Å². The molecule has 0 aliphatic carbocycles. The average Bonchev–Trinajstić information content (AvgIpc) is 3.14. The van der Waals surface area contributed by atoms with Gasteiger partial charge in [-0.2, -0.15) is 0 Å². The quantitative estimate of drug-likeness (QED) is 0.611. The smallest absolute Gasteiger partial charge is 0.272 e. The first kappa shape index (κ1) is 19.1. The average molecular weight is 398 g/mol. The SMILES string of the molecule is CNC(=O)c1ncn(-c2ccc(NC(=O)c3ccc(Cl)cc3)cc2)c1C(N)=O. The number of nitrogens with two attached hydrogens (primary N) is 1. The molecular weight excluding hydrogens is 382 g/mol. The fourth-order valence-electron chi connectivity index (χ4n) is 2.57. The first-order valence-electron chi connectivity index (χ1n) is 8.17. The molecule has 0 spiro atoms. The second kappa shape index (κ2) is 7.93. The molecule has 0 saturated heterocycles. The summed E-state index contributed by atoms with van der Waals surface area (Å²) in [6.45, 7) is 0. The summed E-state index contributed by atoms with van der Waals surface area (Å²) in [5.41, 5.74) is 6.90. The number of hydrogen-bond acceptors (Lipinski definition) is 4. The summed E-state index contributed by atoms with van der Waals surface area (Å²) in [7, 11) is 1.43. The number of primary amides is 1. The van der Waals surface area contributed by atoms with Gasteiger partial charge < -0.3 is 16.4 Å². The van der Waals surface area contributed by atoms with E-state index in [2.05, 4.69) is 15.6 Å². The monoisotopic (exact) mass is 397 g/mol. The molecule has 0 fully saturated rings. The number of carbonyl (C=O) groups is 3. The number of nitrogens with one attached hydrogen (secondary N) is 2. The van der Waals surface area contributed by atoms with Crippen LogP contribution in [0.4, 0.5) is 5.69 Å². The number of benzene rings is 2. The molecule has 3 aromatic rings. The highest BCUT2D eigenvalue weighted by molar-refractivity contribution is 6.30. The molecular formula is C19H16ClN5O3. The molecule has 0 aliphatic heterocycles. The van der Waals surface area contributed by atoms with E-state index in [9.17, 15) is 14.4 Å². The van der Waals surface area contributed by atoms with Crippen LogP contribution in [-0.4, -0.2) is 34.3 Å². The van der Waals surface area contributed by atoms with Crippen molar-refractivity contribution >= 4 is 35.0 Å². The number of rotatable bonds is 5. The summed E-state index contributed by atoms with van der Waals surface area (Å²) < 4.78 is 1.41. The Balaban J connectivity index is 1.84. The topological polar surface area (TPSA) is 119 Å². The number of carbonyl (C=O) groups excluding carboxylic acids is 3. The summed E-state index contributed by atoms with van der Waals surface area (Å²) in [4.78, 5) is 39.9. The summed E-state index contributed by atoms with van der Waals surface area (Å²) >= 11 is 5.82. The van der Waals surface area contributed by atoms with E-state index in [1.807, 2.05) is 0 Å². The summed E-state index contributed by atoms with van der Waals surface area (Å²) in [6.07, 6.45) is 1.34. The maximum atomic E-state index is 12.3. The molecule has 0 saturated carbocycles. The van der Waals surface area contributed by atoms with Crippen LogP contribution in [0.2, 0.25) is 5.02 Å². The lowest BCUT2D eigenvalue weighted by molar-refractivity contribution is 0.0937. The number of aromatic nitrogens is 2. The van der Waals surface area contributed by atoms with Crippen molar-refractivity contribution in [3.8, 4) is 5.69 Å². The van der Waals surface area contributed by atoms with Crippen molar-refractivity contribution in [2.75, 3.05) is 12.4 Å². The maximum absolute atomic E-state index is 12.3. The maximum Gasteiger partial charge on any atom is 0.272 e. The van der Waals surface area contributed by atoms with E-state index >= 15 is 0 Å². The molecule has 28 heavy (non-hydrogen) atoms. The molecule has 142 valence electrons. The van der Waals surface area contributed by atoms with Crippen molar-refractivity contribution in [3.05, 3.63) is 76.8 Å². The lowest BCUT2D eigenvalue weighted by Gasteiger charge is -2.09. The van der Waals surface area contributed by atoms with Crippen LogP contribution in [0, 0.1) is 0 Å². The third-order valence-electron chi connectivity index (χ3n) is 3.95. The first-order valence-corrected chi connectivity index (χ1v) is 8.55. The number of imidazole rings is 1. The molecule has 0 bridgehead atoms. The van der Waals surface area contributed by atoms with Crippen molar-refractivity contribution < 1.29 is 14.4 Å². The number of hydrogen-bond donors (Lipinski definition) is 3. The van der Waals surface area contributed by atoms with Gasteiger partial charge in [0.1, 0.15) is 12.0 Å². The first-order chi connectivity index (χ1) is 13.4. The van der Waals surface area contributed by atoms with Gasteiger partial charge in [0.05, 0.1) is 0 Å². The molecule has 0 radical (unpaired) electrons. The number of anilines is 1. The van der Waals surface area contributed by atoms with Gasteiger partial charge in [-0.1, -0.05) is 11.6 Å². The molecule has 4 N–H and O–H groups in total. The minimum absolute atomic E-state index is 0.0303. The fourth-order valence-corrected chi connectivity index (χ4v) is 2.70. The van der Waals surface area contributed by atoms with Crippen molar-refractivity contribution in [3.63, 3.8) is 0 Å². The van der Waals surface area contributed by atoms with E-state index in [4.69, 9.17) is 17.3 Å². The molecule has 9 heteroatoms. The normalized spacial score (nSPS) is 10.4. The van der Waals surface area contributed by atoms with Crippen molar-refractivity contribution in [1.82, 2.24) is 14.9 Å². The minimum atomic E-state index is -0.781. The third kappa shape index (κ3) is 3.86. The minimum Gasteiger partial charge on any atom is -0.364 e.